The largest absolute Gasteiger partial charge is 0.494 e. The standard InChI is InChI=1S/C31H38N2O3/c1-2-3-4-5-6-10-19-36-27-16-13-24(14-17-27)30-32-21-26(22-33-30)29-20-25(15-18-28(29)31(34)35)23-11-8-7-9-12-23/h13-18,20-23H,2-12,19H2,1H3,(H,34,35). The van der Waals surface area contributed by atoms with E-state index >= 15 is 0 Å². The first-order valence-corrected chi connectivity index (χ1v) is 13.6. The smallest absolute Gasteiger partial charge is 0.336 e. The van der Waals surface area contributed by atoms with Crippen LogP contribution in [0.5, 0.6) is 5.75 Å². The average molecular weight is 487 g/mol. The maximum atomic E-state index is 11.9. The van der Waals surface area contributed by atoms with Gasteiger partial charge in [0.2, 0.25) is 0 Å². The second-order valence-electron chi connectivity index (χ2n) is 9.88. The monoisotopic (exact) mass is 486 g/mol. The van der Waals surface area contributed by atoms with Crippen LogP contribution in [-0.4, -0.2) is 27.7 Å². The SMILES string of the molecule is CCCCCCCCOc1ccc(-c2ncc(-c3cc(C4CCCCC4)ccc3C(=O)O)cn2)cc1. The molecule has 1 aliphatic carbocycles. The summed E-state index contributed by atoms with van der Waals surface area (Å²) in [7, 11) is 0. The molecule has 36 heavy (non-hydrogen) atoms. The van der Waals surface area contributed by atoms with Crippen molar-refractivity contribution in [2.24, 2.45) is 0 Å². The molecule has 1 aromatic heterocycles. The predicted molar refractivity (Wildman–Crippen MR) is 145 cm³/mol. The molecule has 190 valence electrons. The number of aromatic carboxylic acids is 1. The lowest BCUT2D eigenvalue weighted by atomic mass is 9.82. The van der Waals surface area contributed by atoms with Crippen LogP contribution in [0.15, 0.2) is 54.9 Å². The Morgan fingerprint density at radius 1 is 0.889 bits per heavy atom. The summed E-state index contributed by atoms with van der Waals surface area (Å²) in [4.78, 5) is 21.0. The highest BCUT2D eigenvalue weighted by Gasteiger charge is 2.19. The molecule has 0 spiro atoms. The molecular formula is C31H38N2O3. The molecule has 1 saturated carbocycles. The van der Waals surface area contributed by atoms with Gasteiger partial charge in [0.05, 0.1) is 12.2 Å². The zero-order chi connectivity index (χ0) is 25.2. The van der Waals surface area contributed by atoms with Crippen molar-refractivity contribution in [3.05, 3.63) is 66.0 Å². The molecule has 1 fully saturated rings. The zero-order valence-corrected chi connectivity index (χ0v) is 21.4. The van der Waals surface area contributed by atoms with E-state index in [1.807, 2.05) is 36.4 Å². The first-order chi connectivity index (χ1) is 17.7. The van der Waals surface area contributed by atoms with Crippen molar-refractivity contribution < 1.29 is 14.6 Å². The van der Waals surface area contributed by atoms with Gasteiger partial charge in [0.1, 0.15) is 5.75 Å². The molecule has 0 atom stereocenters. The van der Waals surface area contributed by atoms with Crippen LogP contribution in [0.25, 0.3) is 22.5 Å². The predicted octanol–water partition coefficient (Wildman–Crippen LogP) is 8.30. The number of benzene rings is 2. The van der Waals surface area contributed by atoms with E-state index in [-0.39, 0.29) is 5.56 Å². The molecule has 0 amide bonds. The molecule has 2 aromatic carbocycles. The van der Waals surface area contributed by atoms with Crippen molar-refractivity contribution in [3.63, 3.8) is 0 Å². The lowest BCUT2D eigenvalue weighted by Crippen LogP contribution is -2.07. The maximum Gasteiger partial charge on any atom is 0.336 e. The van der Waals surface area contributed by atoms with Crippen molar-refractivity contribution >= 4 is 5.97 Å². The summed E-state index contributed by atoms with van der Waals surface area (Å²) in [6.07, 6.45) is 17.0. The number of carboxylic acid groups (broad SMARTS) is 1. The lowest BCUT2D eigenvalue weighted by Gasteiger charge is -2.23. The van der Waals surface area contributed by atoms with Crippen molar-refractivity contribution in [2.75, 3.05) is 6.61 Å². The van der Waals surface area contributed by atoms with Crippen LogP contribution in [0.4, 0.5) is 0 Å². The van der Waals surface area contributed by atoms with Gasteiger partial charge in [0.25, 0.3) is 0 Å². The van der Waals surface area contributed by atoms with Crippen LogP contribution in [0.1, 0.15) is 99.4 Å². The topological polar surface area (TPSA) is 72.3 Å². The normalized spacial score (nSPS) is 14.0. The van der Waals surface area contributed by atoms with E-state index in [1.54, 1.807) is 18.5 Å². The highest BCUT2D eigenvalue weighted by Crippen LogP contribution is 2.35. The summed E-state index contributed by atoms with van der Waals surface area (Å²) in [6.45, 7) is 2.97. The minimum absolute atomic E-state index is 0.290. The number of rotatable bonds is 12. The fourth-order valence-corrected chi connectivity index (χ4v) is 5.07. The van der Waals surface area contributed by atoms with Gasteiger partial charge in [-0.15, -0.1) is 0 Å². The van der Waals surface area contributed by atoms with Gasteiger partial charge in [-0.05, 0) is 72.7 Å². The Morgan fingerprint density at radius 3 is 2.28 bits per heavy atom. The number of unbranched alkanes of at least 4 members (excludes halogenated alkanes) is 5. The minimum atomic E-state index is -0.930. The summed E-state index contributed by atoms with van der Waals surface area (Å²) >= 11 is 0. The highest BCUT2D eigenvalue weighted by molar-refractivity contribution is 5.96. The van der Waals surface area contributed by atoms with E-state index in [1.165, 1.54) is 69.8 Å². The summed E-state index contributed by atoms with van der Waals surface area (Å²) in [5, 5.41) is 9.76. The molecule has 1 N–H and O–H groups in total. The molecule has 1 heterocycles. The summed E-state index contributed by atoms with van der Waals surface area (Å²) in [6, 6.07) is 13.6. The summed E-state index contributed by atoms with van der Waals surface area (Å²) in [5.41, 5.74) is 3.83. The molecule has 1 aliphatic rings. The number of carboxylic acids is 1. The molecule has 5 heteroatoms. The van der Waals surface area contributed by atoms with E-state index in [0.29, 0.717) is 17.3 Å². The van der Waals surface area contributed by atoms with Crippen molar-refractivity contribution in [3.8, 4) is 28.3 Å². The van der Waals surface area contributed by atoms with Crippen LogP contribution in [0.3, 0.4) is 0 Å². The average Bonchev–Trinajstić information content (AvgIpc) is 2.93. The van der Waals surface area contributed by atoms with Crippen LogP contribution in [0.2, 0.25) is 0 Å². The number of ether oxygens (including phenoxy) is 1. The van der Waals surface area contributed by atoms with E-state index in [9.17, 15) is 9.90 Å². The number of nitrogens with zero attached hydrogens (tertiary/aromatic N) is 2. The van der Waals surface area contributed by atoms with Gasteiger partial charge in [-0.3, -0.25) is 0 Å². The Balaban J connectivity index is 1.41. The number of carbonyl (C=O) groups is 1. The van der Waals surface area contributed by atoms with Crippen molar-refractivity contribution in [1.82, 2.24) is 9.97 Å². The Morgan fingerprint density at radius 2 is 1.58 bits per heavy atom. The van der Waals surface area contributed by atoms with Gasteiger partial charge in [0.15, 0.2) is 5.82 Å². The third-order valence-electron chi connectivity index (χ3n) is 7.19. The first kappa shape index (κ1) is 25.9. The van der Waals surface area contributed by atoms with Crippen LogP contribution >= 0.6 is 0 Å². The Hall–Kier alpha value is -3.21. The van der Waals surface area contributed by atoms with Crippen LogP contribution in [-0.2, 0) is 0 Å². The Bertz CT molecular complexity index is 1100. The number of hydrogen-bond acceptors (Lipinski definition) is 4. The van der Waals surface area contributed by atoms with Crippen LogP contribution < -0.4 is 4.74 Å². The fourth-order valence-electron chi connectivity index (χ4n) is 5.07. The summed E-state index contributed by atoms with van der Waals surface area (Å²) < 4.78 is 5.88. The molecule has 3 aromatic rings. The second kappa shape index (κ2) is 13.2. The molecular weight excluding hydrogens is 448 g/mol. The maximum absolute atomic E-state index is 11.9. The molecule has 0 saturated heterocycles. The lowest BCUT2D eigenvalue weighted by molar-refractivity contribution is 0.0697. The molecule has 0 aliphatic heterocycles. The van der Waals surface area contributed by atoms with E-state index in [4.69, 9.17) is 4.74 Å². The van der Waals surface area contributed by atoms with E-state index < -0.39 is 5.97 Å². The first-order valence-electron chi connectivity index (χ1n) is 13.6. The zero-order valence-electron chi connectivity index (χ0n) is 21.4. The summed E-state index contributed by atoms with van der Waals surface area (Å²) in [5.74, 6) is 1.04. The van der Waals surface area contributed by atoms with Crippen molar-refractivity contribution in [1.29, 1.82) is 0 Å². The minimum Gasteiger partial charge on any atom is -0.494 e. The second-order valence-corrected chi connectivity index (χ2v) is 9.88. The molecule has 0 radical (unpaired) electrons. The molecule has 0 bridgehead atoms. The number of hydrogen-bond donors (Lipinski definition) is 1. The van der Waals surface area contributed by atoms with Gasteiger partial charge >= 0.3 is 5.97 Å². The Labute approximate surface area is 215 Å². The highest BCUT2D eigenvalue weighted by atomic mass is 16.5. The van der Waals surface area contributed by atoms with E-state index in [2.05, 4.69) is 16.9 Å². The third-order valence-corrected chi connectivity index (χ3v) is 7.19. The molecule has 0 unspecified atom stereocenters. The molecule has 5 nitrogen and oxygen atoms in total. The Kier molecular flexibility index (Phi) is 9.48. The fraction of sp³-hybridized carbons (Fsp3) is 0.452. The van der Waals surface area contributed by atoms with Gasteiger partial charge in [-0.2, -0.15) is 0 Å². The van der Waals surface area contributed by atoms with Gasteiger partial charge < -0.3 is 9.84 Å². The third kappa shape index (κ3) is 6.93. The van der Waals surface area contributed by atoms with Gasteiger partial charge in [-0.25, -0.2) is 14.8 Å². The number of aromatic nitrogens is 2. The van der Waals surface area contributed by atoms with Crippen molar-refractivity contribution in [2.45, 2.75) is 83.5 Å². The van der Waals surface area contributed by atoms with Gasteiger partial charge in [-0.1, -0.05) is 64.4 Å². The van der Waals surface area contributed by atoms with Gasteiger partial charge in [0, 0.05) is 23.5 Å². The van der Waals surface area contributed by atoms with Crippen LogP contribution in [0, 0.1) is 0 Å². The van der Waals surface area contributed by atoms with E-state index in [0.717, 1.165) is 29.9 Å². The quantitative estimate of drug-likeness (QED) is 0.261. The molecule has 4 rings (SSSR count).